The topological polar surface area (TPSA) is 112 Å². The van der Waals surface area contributed by atoms with Gasteiger partial charge in [0.05, 0.1) is 13.1 Å². The maximum Gasteiger partial charge on any atom is 0.522 e. The van der Waals surface area contributed by atoms with Gasteiger partial charge in [0.15, 0.2) is 5.84 Å². The van der Waals surface area contributed by atoms with E-state index >= 15 is 0 Å². The third kappa shape index (κ3) is 3.36. The predicted molar refractivity (Wildman–Crippen MR) is 101 cm³/mol. The zero-order valence-corrected chi connectivity index (χ0v) is 15.0. The van der Waals surface area contributed by atoms with Gasteiger partial charge in [-0.05, 0) is 24.4 Å². The van der Waals surface area contributed by atoms with Crippen LogP contribution in [0.2, 0.25) is 6.32 Å². The third-order valence-electron chi connectivity index (χ3n) is 4.90. The Kier molecular flexibility index (Phi) is 4.83. The lowest BCUT2D eigenvalue weighted by Gasteiger charge is -2.40. The lowest BCUT2D eigenvalue weighted by Crippen LogP contribution is -2.56. The molecule has 2 aromatic rings. The van der Waals surface area contributed by atoms with Gasteiger partial charge in [0, 0.05) is 5.56 Å². The highest BCUT2D eigenvalue weighted by Gasteiger charge is 2.35. The van der Waals surface area contributed by atoms with Crippen LogP contribution in [0, 0.1) is 0 Å². The molecule has 8 nitrogen and oxygen atoms in total. The number of carbonyl (C=O) groups is 1. The number of amidine groups is 1. The number of aromatic carboxylic acids is 1. The molecular formula is C19H19BN2O6. The predicted octanol–water partition coefficient (Wildman–Crippen LogP) is 1.70. The fourth-order valence-corrected chi connectivity index (χ4v) is 3.47. The van der Waals surface area contributed by atoms with Crippen LogP contribution < -0.4 is 9.39 Å². The highest BCUT2D eigenvalue weighted by atomic mass is 16.5. The van der Waals surface area contributed by atoms with Crippen LogP contribution in [0.25, 0.3) is 0 Å². The molecule has 28 heavy (non-hydrogen) atoms. The standard InChI is InChI=1S/C19H19BN2O6/c23-19(24)16-15(7-6-12-8-9-20(25)28-17(12)16)27-14-10-22(11-14)18(21-26)13-4-2-1-3-5-13/h1-7,14,25-26H,8-11H2,(H,23,24)/b21-18+. The van der Waals surface area contributed by atoms with Crippen molar-refractivity contribution in [3.8, 4) is 11.5 Å². The van der Waals surface area contributed by atoms with Gasteiger partial charge in [0.25, 0.3) is 0 Å². The van der Waals surface area contributed by atoms with Gasteiger partial charge in [-0.25, -0.2) is 4.79 Å². The molecule has 4 rings (SSSR count). The third-order valence-corrected chi connectivity index (χ3v) is 4.90. The van der Waals surface area contributed by atoms with Gasteiger partial charge < -0.3 is 29.6 Å². The van der Waals surface area contributed by atoms with Gasteiger partial charge in [-0.15, -0.1) is 0 Å². The van der Waals surface area contributed by atoms with Gasteiger partial charge in [-0.1, -0.05) is 41.6 Å². The van der Waals surface area contributed by atoms with Crippen molar-refractivity contribution in [2.24, 2.45) is 5.16 Å². The molecule has 3 N–H and O–H groups in total. The molecule has 0 amide bonds. The minimum atomic E-state index is -1.17. The van der Waals surface area contributed by atoms with E-state index in [1.807, 2.05) is 35.2 Å². The Bertz CT molecular complexity index is 914. The van der Waals surface area contributed by atoms with Crippen molar-refractivity contribution in [3.05, 3.63) is 59.2 Å². The maximum atomic E-state index is 11.8. The summed E-state index contributed by atoms with van der Waals surface area (Å²) < 4.78 is 11.2. The molecule has 0 aromatic heterocycles. The number of aryl methyl sites for hydroxylation is 1. The Labute approximate surface area is 161 Å². The van der Waals surface area contributed by atoms with E-state index < -0.39 is 13.1 Å². The SMILES string of the molecule is O=C(O)c1c(OC2CN(/C(=N/O)c3ccccc3)C2)ccc2c1OB(O)CC2. The normalized spacial score (nSPS) is 16.8. The van der Waals surface area contributed by atoms with Gasteiger partial charge in [0.1, 0.15) is 23.2 Å². The number of carboxylic acid groups (broad SMARTS) is 1. The van der Waals surface area contributed by atoms with E-state index in [1.165, 1.54) is 0 Å². The number of likely N-dealkylation sites (tertiary alicyclic amines) is 1. The van der Waals surface area contributed by atoms with Crippen LogP contribution in [-0.4, -0.2) is 58.4 Å². The first-order valence-electron chi connectivity index (χ1n) is 8.99. The second-order valence-electron chi connectivity index (χ2n) is 6.78. The van der Waals surface area contributed by atoms with Crippen molar-refractivity contribution in [2.75, 3.05) is 13.1 Å². The van der Waals surface area contributed by atoms with Gasteiger partial charge in [0.2, 0.25) is 0 Å². The second kappa shape index (κ2) is 7.44. The molecule has 9 heteroatoms. The zero-order chi connectivity index (χ0) is 19.7. The first-order valence-corrected chi connectivity index (χ1v) is 8.99. The summed E-state index contributed by atoms with van der Waals surface area (Å²) in [6, 6.07) is 12.7. The number of fused-ring (bicyclic) bond motifs is 1. The van der Waals surface area contributed by atoms with Crippen molar-refractivity contribution in [2.45, 2.75) is 18.8 Å². The first-order chi connectivity index (χ1) is 13.6. The smallest absolute Gasteiger partial charge is 0.522 e. The van der Waals surface area contributed by atoms with E-state index in [4.69, 9.17) is 9.39 Å². The molecular weight excluding hydrogens is 363 g/mol. The molecule has 1 fully saturated rings. The number of nitrogens with zero attached hydrogens (tertiary/aromatic N) is 2. The maximum absolute atomic E-state index is 11.8. The summed E-state index contributed by atoms with van der Waals surface area (Å²) >= 11 is 0. The van der Waals surface area contributed by atoms with E-state index in [2.05, 4.69) is 5.16 Å². The second-order valence-corrected chi connectivity index (χ2v) is 6.78. The molecule has 144 valence electrons. The minimum Gasteiger partial charge on any atom is -0.535 e. The van der Waals surface area contributed by atoms with E-state index in [0.29, 0.717) is 31.7 Å². The molecule has 0 aliphatic carbocycles. The molecule has 0 bridgehead atoms. The number of oxime groups is 1. The van der Waals surface area contributed by atoms with Crippen molar-refractivity contribution in [1.82, 2.24) is 4.90 Å². The first kappa shape index (κ1) is 18.2. The van der Waals surface area contributed by atoms with Crippen LogP contribution in [0.4, 0.5) is 0 Å². The molecule has 0 saturated carbocycles. The molecule has 2 aromatic carbocycles. The Morgan fingerprint density at radius 2 is 1.96 bits per heavy atom. The number of hydrogen-bond acceptors (Lipinski definition) is 6. The number of rotatable bonds is 4. The van der Waals surface area contributed by atoms with E-state index in [-0.39, 0.29) is 23.2 Å². The summed E-state index contributed by atoms with van der Waals surface area (Å²) in [5.74, 6) is -0.358. The molecule has 0 atom stereocenters. The minimum absolute atomic E-state index is 0.0752. The van der Waals surface area contributed by atoms with E-state index in [9.17, 15) is 20.1 Å². The molecule has 0 unspecified atom stereocenters. The Morgan fingerprint density at radius 3 is 2.64 bits per heavy atom. The van der Waals surface area contributed by atoms with Crippen LogP contribution in [0.15, 0.2) is 47.6 Å². The van der Waals surface area contributed by atoms with Crippen LogP contribution >= 0.6 is 0 Å². The van der Waals surface area contributed by atoms with Crippen molar-refractivity contribution in [1.29, 1.82) is 0 Å². The van der Waals surface area contributed by atoms with Gasteiger partial charge in [-0.2, -0.15) is 0 Å². The number of hydrogen-bond donors (Lipinski definition) is 3. The molecule has 2 aliphatic rings. The summed E-state index contributed by atoms with van der Waals surface area (Å²) in [6.45, 7) is 0.905. The molecule has 2 aliphatic heterocycles. The summed E-state index contributed by atoms with van der Waals surface area (Å²) in [7, 11) is -1.02. The molecule has 0 radical (unpaired) electrons. The van der Waals surface area contributed by atoms with Gasteiger partial charge in [-0.3, -0.25) is 0 Å². The molecule has 2 heterocycles. The summed E-state index contributed by atoms with van der Waals surface area (Å²) in [5.41, 5.74) is 1.45. The Morgan fingerprint density at radius 1 is 1.21 bits per heavy atom. The average molecular weight is 382 g/mol. The largest absolute Gasteiger partial charge is 0.535 e. The van der Waals surface area contributed by atoms with Crippen LogP contribution in [-0.2, 0) is 6.42 Å². The molecule has 0 spiro atoms. The quantitative estimate of drug-likeness (QED) is 0.243. The molecule has 1 saturated heterocycles. The zero-order valence-electron chi connectivity index (χ0n) is 15.0. The lowest BCUT2D eigenvalue weighted by atomic mass is 9.78. The van der Waals surface area contributed by atoms with Gasteiger partial charge >= 0.3 is 13.1 Å². The average Bonchev–Trinajstić information content (AvgIpc) is 2.66. The Balaban J connectivity index is 1.49. The summed E-state index contributed by atoms with van der Waals surface area (Å²) in [5, 5.41) is 32.1. The fourth-order valence-electron chi connectivity index (χ4n) is 3.47. The highest BCUT2D eigenvalue weighted by Crippen LogP contribution is 2.37. The van der Waals surface area contributed by atoms with Crippen molar-refractivity contribution < 1.29 is 29.5 Å². The van der Waals surface area contributed by atoms with Crippen LogP contribution in [0.5, 0.6) is 11.5 Å². The number of ether oxygens (including phenoxy) is 1. The van der Waals surface area contributed by atoms with E-state index in [0.717, 1.165) is 11.1 Å². The summed E-state index contributed by atoms with van der Waals surface area (Å²) in [4.78, 5) is 13.6. The Hall–Kier alpha value is -3.20. The highest BCUT2D eigenvalue weighted by molar-refractivity contribution is 6.44. The summed E-state index contributed by atoms with van der Waals surface area (Å²) in [6.07, 6.45) is 0.707. The van der Waals surface area contributed by atoms with E-state index in [1.54, 1.807) is 12.1 Å². The van der Waals surface area contributed by atoms with Crippen molar-refractivity contribution >= 4 is 18.9 Å². The van der Waals surface area contributed by atoms with Crippen molar-refractivity contribution in [3.63, 3.8) is 0 Å². The fraction of sp³-hybridized carbons (Fsp3) is 0.263. The monoisotopic (exact) mass is 382 g/mol. The number of benzene rings is 2. The number of carboxylic acids is 1. The van der Waals surface area contributed by atoms with Crippen LogP contribution in [0.1, 0.15) is 21.5 Å². The lowest BCUT2D eigenvalue weighted by molar-refractivity contribution is 0.0588. The van der Waals surface area contributed by atoms with Crippen LogP contribution in [0.3, 0.4) is 0 Å².